The number of aryl methyl sites for hydroxylation is 1. The standard InChI is InChI=1S/C27H25NO6S/c1-18-8-10-19(11-9-18)16-28-23-15-20(27(30)34-17-21-5-4-14-33-21)12-13-25(23)35(31,32)24-7-3-2-6-22(24)26(28)29/h2-3,6-13,15,21H,4-5,14,16-17H2,1H3. The Morgan fingerprint density at radius 2 is 1.83 bits per heavy atom. The number of fused-ring (bicyclic) bond motifs is 2. The predicted molar refractivity (Wildman–Crippen MR) is 129 cm³/mol. The molecule has 2 aliphatic heterocycles. The number of benzene rings is 3. The van der Waals surface area contributed by atoms with Gasteiger partial charge in [-0.25, -0.2) is 13.2 Å². The maximum Gasteiger partial charge on any atom is 0.338 e. The van der Waals surface area contributed by atoms with Crippen molar-refractivity contribution >= 4 is 27.4 Å². The van der Waals surface area contributed by atoms with E-state index in [0.29, 0.717) is 6.61 Å². The van der Waals surface area contributed by atoms with Gasteiger partial charge in [0.05, 0.1) is 39.3 Å². The van der Waals surface area contributed by atoms with E-state index in [-0.39, 0.29) is 45.9 Å². The number of sulfone groups is 1. The van der Waals surface area contributed by atoms with Gasteiger partial charge in [0.2, 0.25) is 9.84 Å². The first kappa shape index (κ1) is 23.3. The summed E-state index contributed by atoms with van der Waals surface area (Å²) in [6.45, 7) is 2.89. The Morgan fingerprint density at radius 3 is 2.57 bits per heavy atom. The molecule has 0 saturated carbocycles. The normalized spacial score (nSPS) is 18.5. The first-order valence-corrected chi connectivity index (χ1v) is 13.0. The van der Waals surface area contributed by atoms with Crippen LogP contribution in [-0.2, 0) is 25.9 Å². The maximum atomic E-state index is 13.7. The Morgan fingerprint density at radius 1 is 1.06 bits per heavy atom. The van der Waals surface area contributed by atoms with E-state index in [1.165, 1.54) is 35.2 Å². The quantitative estimate of drug-likeness (QED) is 0.494. The smallest absolute Gasteiger partial charge is 0.338 e. The van der Waals surface area contributed by atoms with Crippen molar-refractivity contribution in [3.05, 3.63) is 89.0 Å². The molecule has 2 heterocycles. The molecule has 0 bridgehead atoms. The first-order chi connectivity index (χ1) is 16.8. The average Bonchev–Trinajstić information content (AvgIpc) is 3.38. The number of carbonyl (C=O) groups excluding carboxylic acids is 2. The number of amides is 1. The van der Waals surface area contributed by atoms with Crippen molar-refractivity contribution in [1.82, 2.24) is 0 Å². The third kappa shape index (κ3) is 4.47. The Balaban J connectivity index is 1.58. The number of hydrogen-bond donors (Lipinski definition) is 0. The fourth-order valence-electron chi connectivity index (χ4n) is 4.39. The summed E-state index contributed by atoms with van der Waals surface area (Å²) in [6, 6.07) is 18.1. The van der Waals surface area contributed by atoms with Crippen LogP contribution in [0.15, 0.2) is 76.5 Å². The molecular formula is C27H25NO6S. The minimum absolute atomic E-state index is 0.0291. The van der Waals surface area contributed by atoms with Gasteiger partial charge in [0, 0.05) is 6.61 Å². The molecule has 0 aliphatic carbocycles. The summed E-state index contributed by atoms with van der Waals surface area (Å²) in [5, 5.41) is 0. The molecule has 0 aromatic heterocycles. The fraction of sp³-hybridized carbons (Fsp3) is 0.259. The molecule has 2 aliphatic rings. The Hall–Kier alpha value is -3.49. The van der Waals surface area contributed by atoms with Crippen LogP contribution in [0.2, 0.25) is 0 Å². The van der Waals surface area contributed by atoms with Crippen LogP contribution in [0, 0.1) is 6.92 Å². The van der Waals surface area contributed by atoms with E-state index in [4.69, 9.17) is 9.47 Å². The second kappa shape index (κ2) is 9.28. The molecule has 1 amide bonds. The summed E-state index contributed by atoms with van der Waals surface area (Å²) in [7, 11) is -4.01. The number of hydrogen-bond acceptors (Lipinski definition) is 6. The van der Waals surface area contributed by atoms with Crippen molar-refractivity contribution in [3.63, 3.8) is 0 Å². The number of ether oxygens (including phenoxy) is 2. The highest BCUT2D eigenvalue weighted by atomic mass is 32.2. The predicted octanol–water partition coefficient (Wildman–Crippen LogP) is 4.32. The summed E-state index contributed by atoms with van der Waals surface area (Å²) >= 11 is 0. The van der Waals surface area contributed by atoms with E-state index < -0.39 is 21.7 Å². The van der Waals surface area contributed by atoms with E-state index in [1.807, 2.05) is 31.2 Å². The second-order valence-corrected chi connectivity index (χ2v) is 10.7. The molecule has 1 fully saturated rings. The molecule has 180 valence electrons. The number of rotatable bonds is 5. The highest BCUT2D eigenvalue weighted by Gasteiger charge is 2.36. The lowest BCUT2D eigenvalue weighted by Gasteiger charge is -2.23. The van der Waals surface area contributed by atoms with E-state index >= 15 is 0 Å². The maximum absolute atomic E-state index is 13.7. The van der Waals surface area contributed by atoms with E-state index in [9.17, 15) is 18.0 Å². The van der Waals surface area contributed by atoms with Crippen molar-refractivity contribution < 1.29 is 27.5 Å². The number of esters is 1. The molecule has 0 N–H and O–H groups in total. The molecule has 5 rings (SSSR count). The van der Waals surface area contributed by atoms with Gasteiger partial charge in [-0.1, -0.05) is 42.0 Å². The molecular weight excluding hydrogens is 466 g/mol. The summed E-state index contributed by atoms with van der Waals surface area (Å²) in [5.74, 6) is -1.04. The van der Waals surface area contributed by atoms with Crippen LogP contribution >= 0.6 is 0 Å². The number of anilines is 1. The largest absolute Gasteiger partial charge is 0.459 e. The van der Waals surface area contributed by atoms with Crippen molar-refractivity contribution in [3.8, 4) is 0 Å². The van der Waals surface area contributed by atoms with E-state index in [2.05, 4.69) is 0 Å². The molecule has 3 aromatic carbocycles. The lowest BCUT2D eigenvalue weighted by atomic mass is 10.1. The highest BCUT2D eigenvalue weighted by molar-refractivity contribution is 7.91. The lowest BCUT2D eigenvalue weighted by Crippen LogP contribution is -2.30. The molecule has 7 nitrogen and oxygen atoms in total. The topological polar surface area (TPSA) is 90.0 Å². The number of carbonyl (C=O) groups is 2. The Labute approximate surface area is 204 Å². The van der Waals surface area contributed by atoms with Crippen molar-refractivity contribution in [2.24, 2.45) is 0 Å². The van der Waals surface area contributed by atoms with Gasteiger partial charge < -0.3 is 14.4 Å². The highest BCUT2D eigenvalue weighted by Crippen LogP contribution is 2.38. The Kier molecular flexibility index (Phi) is 6.17. The van der Waals surface area contributed by atoms with Crippen molar-refractivity contribution in [1.29, 1.82) is 0 Å². The van der Waals surface area contributed by atoms with Gasteiger partial charge in [-0.15, -0.1) is 0 Å². The van der Waals surface area contributed by atoms with Crippen molar-refractivity contribution in [2.45, 2.75) is 42.2 Å². The third-order valence-electron chi connectivity index (χ3n) is 6.31. The SMILES string of the molecule is Cc1ccc(CN2C(=O)c3ccccc3S(=O)(=O)c3ccc(C(=O)OCC4CCCO4)cc32)cc1. The van der Waals surface area contributed by atoms with Gasteiger partial charge in [0.25, 0.3) is 5.91 Å². The molecule has 3 aromatic rings. The van der Waals surface area contributed by atoms with Gasteiger partial charge in [0.1, 0.15) is 6.61 Å². The monoisotopic (exact) mass is 491 g/mol. The van der Waals surface area contributed by atoms with Crippen LogP contribution in [0.4, 0.5) is 5.69 Å². The summed E-state index contributed by atoms with van der Waals surface area (Å²) in [5.41, 5.74) is 2.32. The molecule has 1 atom stereocenters. The van der Waals surface area contributed by atoms with E-state index in [0.717, 1.165) is 24.0 Å². The summed E-state index contributed by atoms with van der Waals surface area (Å²) < 4.78 is 38.1. The van der Waals surface area contributed by atoms with Crippen LogP contribution < -0.4 is 4.90 Å². The fourth-order valence-corrected chi connectivity index (χ4v) is 6.03. The summed E-state index contributed by atoms with van der Waals surface area (Å²) in [4.78, 5) is 27.8. The van der Waals surface area contributed by atoms with Crippen LogP contribution in [0.25, 0.3) is 0 Å². The number of nitrogens with zero attached hydrogens (tertiary/aromatic N) is 1. The molecule has 0 radical (unpaired) electrons. The zero-order chi connectivity index (χ0) is 24.6. The molecule has 0 spiro atoms. The van der Waals surface area contributed by atoms with Crippen LogP contribution in [0.5, 0.6) is 0 Å². The lowest BCUT2D eigenvalue weighted by molar-refractivity contribution is 0.0161. The van der Waals surface area contributed by atoms with Gasteiger partial charge in [-0.05, 0) is 55.7 Å². The summed E-state index contributed by atoms with van der Waals surface area (Å²) in [6.07, 6.45) is 1.62. The molecule has 1 saturated heterocycles. The van der Waals surface area contributed by atoms with Gasteiger partial charge in [-0.3, -0.25) is 4.79 Å². The Bertz CT molecular complexity index is 1390. The average molecular weight is 492 g/mol. The van der Waals surface area contributed by atoms with Gasteiger partial charge in [-0.2, -0.15) is 0 Å². The first-order valence-electron chi connectivity index (χ1n) is 11.5. The minimum Gasteiger partial charge on any atom is -0.459 e. The van der Waals surface area contributed by atoms with Gasteiger partial charge >= 0.3 is 5.97 Å². The van der Waals surface area contributed by atoms with Crippen LogP contribution in [0.3, 0.4) is 0 Å². The van der Waals surface area contributed by atoms with Gasteiger partial charge in [0.15, 0.2) is 0 Å². The van der Waals surface area contributed by atoms with Crippen LogP contribution in [0.1, 0.15) is 44.7 Å². The van der Waals surface area contributed by atoms with Crippen molar-refractivity contribution in [2.75, 3.05) is 18.1 Å². The van der Waals surface area contributed by atoms with E-state index in [1.54, 1.807) is 12.1 Å². The third-order valence-corrected chi connectivity index (χ3v) is 8.17. The molecule has 35 heavy (non-hydrogen) atoms. The zero-order valence-electron chi connectivity index (χ0n) is 19.3. The second-order valence-electron chi connectivity index (χ2n) is 8.79. The molecule has 1 unspecified atom stereocenters. The van der Waals surface area contributed by atoms with Crippen LogP contribution in [-0.4, -0.2) is 39.6 Å². The minimum atomic E-state index is -4.01. The molecule has 8 heteroatoms. The zero-order valence-corrected chi connectivity index (χ0v) is 20.1.